The summed E-state index contributed by atoms with van der Waals surface area (Å²) in [5.74, 6) is 0.768. The first kappa shape index (κ1) is 9.96. The molecule has 0 fully saturated rings. The smallest absolute Gasteiger partial charge is 0.235 e. The molecule has 0 aliphatic carbocycles. The van der Waals surface area contributed by atoms with Gasteiger partial charge in [0.1, 0.15) is 12.4 Å². The Bertz CT molecular complexity index is 304. The molecule has 4 heteroatoms. The van der Waals surface area contributed by atoms with E-state index < -0.39 is 0 Å². The van der Waals surface area contributed by atoms with Gasteiger partial charge < -0.3 is 4.74 Å². The Morgan fingerprint density at radius 2 is 2.08 bits per heavy atom. The number of aliphatic imine (C=N–C) groups is 1. The Morgan fingerprint density at radius 3 is 2.69 bits per heavy atom. The van der Waals surface area contributed by atoms with Crippen molar-refractivity contribution >= 4 is 22.0 Å². The number of carbonyl (C=O) groups excluding carboxylic acids is 1. The quantitative estimate of drug-likeness (QED) is 0.461. The van der Waals surface area contributed by atoms with Crippen LogP contribution in [0.1, 0.15) is 0 Å². The molecule has 0 aromatic heterocycles. The van der Waals surface area contributed by atoms with Crippen molar-refractivity contribution in [2.45, 2.75) is 0 Å². The minimum atomic E-state index is 0.347. The van der Waals surface area contributed by atoms with Crippen molar-refractivity contribution in [1.82, 2.24) is 0 Å². The molecule has 0 unspecified atom stereocenters. The van der Waals surface area contributed by atoms with Gasteiger partial charge in [-0.3, -0.25) is 0 Å². The highest BCUT2D eigenvalue weighted by Gasteiger charge is 1.91. The molecule has 0 heterocycles. The number of isocyanates is 1. The van der Waals surface area contributed by atoms with Crippen molar-refractivity contribution < 1.29 is 9.53 Å². The number of rotatable bonds is 4. The lowest BCUT2D eigenvalue weighted by Crippen LogP contribution is -2.00. The van der Waals surface area contributed by atoms with E-state index in [4.69, 9.17) is 4.74 Å². The molecule has 0 aliphatic heterocycles. The molecule has 0 saturated carbocycles. The molecule has 0 amide bonds. The summed E-state index contributed by atoms with van der Waals surface area (Å²) in [6.45, 7) is 0.746. The molecule has 1 aromatic carbocycles. The van der Waals surface area contributed by atoms with Crippen LogP contribution in [0.2, 0.25) is 0 Å². The summed E-state index contributed by atoms with van der Waals surface area (Å²) in [5.41, 5.74) is 0. The van der Waals surface area contributed by atoms with E-state index in [1.165, 1.54) is 6.08 Å². The highest BCUT2D eigenvalue weighted by Crippen LogP contribution is 2.15. The summed E-state index contributed by atoms with van der Waals surface area (Å²) in [5, 5.41) is 0. The van der Waals surface area contributed by atoms with Crippen LogP contribution in [0.5, 0.6) is 5.75 Å². The van der Waals surface area contributed by atoms with Gasteiger partial charge in [0.05, 0.1) is 6.54 Å². The Kier molecular flexibility index (Phi) is 4.23. The third-order valence-electron chi connectivity index (χ3n) is 1.35. The van der Waals surface area contributed by atoms with E-state index in [1.807, 2.05) is 24.3 Å². The van der Waals surface area contributed by atoms with E-state index in [2.05, 4.69) is 20.9 Å². The summed E-state index contributed by atoms with van der Waals surface area (Å²) in [6.07, 6.45) is 1.45. The van der Waals surface area contributed by atoms with Gasteiger partial charge in [-0.05, 0) is 24.3 Å². The van der Waals surface area contributed by atoms with Crippen LogP contribution in [0.25, 0.3) is 0 Å². The normalized spacial score (nSPS) is 9.00. The average molecular weight is 242 g/mol. The molecule has 1 aromatic rings. The summed E-state index contributed by atoms with van der Waals surface area (Å²) in [7, 11) is 0. The molecule has 0 N–H and O–H groups in total. The van der Waals surface area contributed by atoms with Crippen LogP contribution < -0.4 is 4.74 Å². The third kappa shape index (κ3) is 3.87. The van der Waals surface area contributed by atoms with Crippen LogP contribution in [0.4, 0.5) is 0 Å². The number of hydrogen-bond acceptors (Lipinski definition) is 3. The molecule has 0 atom stereocenters. The lowest BCUT2D eigenvalue weighted by Gasteiger charge is -2.02. The van der Waals surface area contributed by atoms with Crippen LogP contribution in [0, 0.1) is 0 Å². The van der Waals surface area contributed by atoms with Crippen LogP contribution in [0.3, 0.4) is 0 Å². The van der Waals surface area contributed by atoms with Gasteiger partial charge in [-0.2, -0.15) is 0 Å². The molecule has 3 nitrogen and oxygen atoms in total. The van der Waals surface area contributed by atoms with Gasteiger partial charge >= 0.3 is 0 Å². The summed E-state index contributed by atoms with van der Waals surface area (Å²) < 4.78 is 6.27. The van der Waals surface area contributed by atoms with Crippen molar-refractivity contribution in [3.8, 4) is 5.75 Å². The molecule has 13 heavy (non-hydrogen) atoms. The first-order valence-electron chi connectivity index (χ1n) is 3.75. The van der Waals surface area contributed by atoms with E-state index in [0.29, 0.717) is 13.2 Å². The van der Waals surface area contributed by atoms with Gasteiger partial charge in [0, 0.05) is 4.47 Å². The first-order chi connectivity index (χ1) is 6.33. The van der Waals surface area contributed by atoms with Gasteiger partial charge in [-0.1, -0.05) is 15.9 Å². The number of halogens is 1. The minimum Gasteiger partial charge on any atom is -0.492 e. The summed E-state index contributed by atoms with van der Waals surface area (Å²) in [4.78, 5) is 13.1. The number of ether oxygens (including phenoxy) is 1. The molecule has 1 rings (SSSR count). The molecule has 0 saturated heterocycles. The fourth-order valence-corrected chi connectivity index (χ4v) is 1.05. The van der Waals surface area contributed by atoms with E-state index in [-0.39, 0.29) is 0 Å². The predicted molar refractivity (Wildman–Crippen MR) is 52.6 cm³/mol. The van der Waals surface area contributed by atoms with Crippen LogP contribution >= 0.6 is 15.9 Å². The summed E-state index contributed by atoms with van der Waals surface area (Å²) >= 11 is 3.31. The fraction of sp³-hybridized carbons (Fsp3) is 0.222. The second-order valence-electron chi connectivity index (χ2n) is 2.28. The zero-order valence-electron chi connectivity index (χ0n) is 6.87. The Hall–Kier alpha value is -1.12. The van der Waals surface area contributed by atoms with E-state index >= 15 is 0 Å². The minimum absolute atomic E-state index is 0.347. The van der Waals surface area contributed by atoms with Crippen LogP contribution in [0.15, 0.2) is 33.7 Å². The maximum atomic E-state index is 9.71. The number of nitrogens with zero attached hydrogens (tertiary/aromatic N) is 1. The Morgan fingerprint density at radius 1 is 1.38 bits per heavy atom. The zero-order valence-corrected chi connectivity index (χ0v) is 8.45. The van der Waals surface area contributed by atoms with Gasteiger partial charge in [-0.15, -0.1) is 0 Å². The van der Waals surface area contributed by atoms with E-state index in [0.717, 1.165) is 10.2 Å². The van der Waals surface area contributed by atoms with Gasteiger partial charge in [0.25, 0.3) is 0 Å². The molecule has 68 valence electrons. The fourth-order valence-electron chi connectivity index (χ4n) is 0.786. The second-order valence-corrected chi connectivity index (χ2v) is 3.19. The predicted octanol–water partition coefficient (Wildman–Crippen LogP) is 2.16. The van der Waals surface area contributed by atoms with Crippen LogP contribution in [-0.2, 0) is 4.79 Å². The van der Waals surface area contributed by atoms with E-state index in [1.54, 1.807) is 0 Å². The zero-order chi connectivity index (χ0) is 9.52. The molecular formula is C9H8BrNO2. The maximum Gasteiger partial charge on any atom is 0.235 e. The van der Waals surface area contributed by atoms with Crippen LogP contribution in [-0.4, -0.2) is 19.2 Å². The Labute approximate surface area is 84.6 Å². The summed E-state index contributed by atoms with van der Waals surface area (Å²) in [6, 6.07) is 7.46. The lowest BCUT2D eigenvalue weighted by atomic mass is 10.3. The highest BCUT2D eigenvalue weighted by atomic mass is 79.9. The number of hydrogen-bond donors (Lipinski definition) is 0. The van der Waals surface area contributed by atoms with Gasteiger partial charge in [0.2, 0.25) is 6.08 Å². The SMILES string of the molecule is O=C=NCCOc1ccc(Br)cc1. The highest BCUT2D eigenvalue weighted by molar-refractivity contribution is 9.10. The van der Waals surface area contributed by atoms with Crippen molar-refractivity contribution in [3.05, 3.63) is 28.7 Å². The Balaban J connectivity index is 2.37. The average Bonchev–Trinajstić information content (AvgIpc) is 2.15. The largest absolute Gasteiger partial charge is 0.492 e. The van der Waals surface area contributed by atoms with Crippen molar-refractivity contribution in [3.63, 3.8) is 0 Å². The van der Waals surface area contributed by atoms with Crippen molar-refractivity contribution in [1.29, 1.82) is 0 Å². The maximum absolute atomic E-state index is 9.71. The third-order valence-corrected chi connectivity index (χ3v) is 1.88. The second kappa shape index (κ2) is 5.51. The van der Waals surface area contributed by atoms with Gasteiger partial charge in [-0.25, -0.2) is 9.79 Å². The monoisotopic (exact) mass is 241 g/mol. The number of benzene rings is 1. The van der Waals surface area contributed by atoms with Crippen molar-refractivity contribution in [2.24, 2.45) is 4.99 Å². The lowest BCUT2D eigenvalue weighted by molar-refractivity contribution is 0.328. The molecule has 0 bridgehead atoms. The van der Waals surface area contributed by atoms with E-state index in [9.17, 15) is 4.79 Å². The molecule has 0 aliphatic rings. The molecule has 0 spiro atoms. The van der Waals surface area contributed by atoms with Crippen molar-refractivity contribution in [2.75, 3.05) is 13.2 Å². The first-order valence-corrected chi connectivity index (χ1v) is 4.54. The molecule has 0 radical (unpaired) electrons. The molecular weight excluding hydrogens is 234 g/mol. The topological polar surface area (TPSA) is 38.7 Å². The van der Waals surface area contributed by atoms with Gasteiger partial charge in [0.15, 0.2) is 0 Å². The standard InChI is InChI=1S/C9H8BrNO2/c10-8-1-3-9(4-2-8)13-6-5-11-7-12/h1-4H,5-6H2.